The highest BCUT2D eigenvalue weighted by Crippen LogP contribution is 2.29. The van der Waals surface area contributed by atoms with Crippen molar-refractivity contribution in [2.45, 2.75) is 46.6 Å². The molecule has 0 spiro atoms. The number of carbonyl (C=O) groups excluding carboxylic acids is 2. The number of aromatic nitrogens is 1. The molecule has 0 radical (unpaired) electrons. The van der Waals surface area contributed by atoms with Gasteiger partial charge in [-0.15, -0.1) is 11.3 Å². The Morgan fingerprint density at radius 2 is 2.00 bits per heavy atom. The molecule has 0 unspecified atom stereocenters. The van der Waals surface area contributed by atoms with E-state index in [1.807, 2.05) is 6.92 Å². The fraction of sp³-hybridized carbons (Fsp3) is 0.688. The van der Waals surface area contributed by atoms with Gasteiger partial charge in [-0.1, -0.05) is 6.92 Å². The van der Waals surface area contributed by atoms with Crippen molar-refractivity contribution >= 4 is 28.5 Å². The van der Waals surface area contributed by atoms with Crippen LogP contribution in [0.25, 0.3) is 0 Å². The summed E-state index contributed by atoms with van der Waals surface area (Å²) >= 11 is 1.22. The second-order valence-electron chi connectivity index (χ2n) is 6.52. The van der Waals surface area contributed by atoms with Crippen LogP contribution in [0.15, 0.2) is 0 Å². The molecule has 0 aliphatic heterocycles. The summed E-state index contributed by atoms with van der Waals surface area (Å²) in [6.45, 7) is 9.15. The molecule has 0 saturated heterocycles. The van der Waals surface area contributed by atoms with Crippen molar-refractivity contribution in [1.29, 1.82) is 0 Å². The monoisotopic (exact) mass is 358 g/mol. The summed E-state index contributed by atoms with van der Waals surface area (Å²) in [5.74, 6) is -0.559. The maximum absolute atomic E-state index is 12.2. The van der Waals surface area contributed by atoms with Gasteiger partial charge in [-0.2, -0.15) is 0 Å². The molecule has 0 aromatic carbocycles. The van der Waals surface area contributed by atoms with Crippen LogP contribution in [0, 0.1) is 5.92 Å². The van der Waals surface area contributed by atoms with E-state index in [0.717, 1.165) is 0 Å². The van der Waals surface area contributed by atoms with Gasteiger partial charge in [-0.3, -0.25) is 4.90 Å². The number of nitrogens with zero attached hydrogens (tertiary/aromatic N) is 2. The fourth-order valence-corrected chi connectivity index (χ4v) is 2.93. The van der Waals surface area contributed by atoms with Gasteiger partial charge in [0, 0.05) is 18.5 Å². The van der Waals surface area contributed by atoms with Gasteiger partial charge in [0.25, 0.3) is 0 Å². The van der Waals surface area contributed by atoms with Crippen molar-refractivity contribution in [3.8, 4) is 0 Å². The molecule has 0 saturated carbocycles. The SMILES string of the molecule is CCOC(=O)c1nc(N(C)C(=O)OC(C)(C)C)sc1C[C@H](C)CO. The lowest BCUT2D eigenvalue weighted by molar-refractivity contribution is 0.0515. The van der Waals surface area contributed by atoms with Gasteiger partial charge in [0.05, 0.1) is 6.61 Å². The van der Waals surface area contributed by atoms with Gasteiger partial charge in [-0.25, -0.2) is 14.6 Å². The standard InChI is InChI=1S/C16H26N2O5S/c1-7-22-13(20)12-11(8-10(2)9-19)24-14(17-12)18(6)15(21)23-16(3,4)5/h10,19H,7-9H2,1-6H3/t10-/m0/s1. The van der Waals surface area contributed by atoms with Crippen molar-refractivity contribution in [3.63, 3.8) is 0 Å². The summed E-state index contributed by atoms with van der Waals surface area (Å²) in [6.07, 6.45) is -0.0711. The number of thiazole rings is 1. The highest BCUT2D eigenvalue weighted by Gasteiger charge is 2.26. The van der Waals surface area contributed by atoms with Gasteiger partial charge in [0.2, 0.25) is 0 Å². The van der Waals surface area contributed by atoms with E-state index in [0.29, 0.717) is 16.4 Å². The zero-order chi connectivity index (χ0) is 18.5. The van der Waals surface area contributed by atoms with Gasteiger partial charge in [0.15, 0.2) is 10.8 Å². The number of hydrogen-bond donors (Lipinski definition) is 1. The average Bonchev–Trinajstić information content (AvgIpc) is 2.88. The Morgan fingerprint density at radius 1 is 1.38 bits per heavy atom. The Labute approximate surface area is 146 Å². The van der Waals surface area contributed by atoms with Gasteiger partial charge >= 0.3 is 12.1 Å². The maximum Gasteiger partial charge on any atom is 0.416 e. The number of aliphatic hydroxyl groups is 1. The van der Waals surface area contributed by atoms with E-state index in [4.69, 9.17) is 9.47 Å². The third kappa shape index (κ3) is 5.76. The van der Waals surface area contributed by atoms with Crippen LogP contribution in [0.4, 0.5) is 9.93 Å². The molecule has 1 rings (SSSR count). The van der Waals surface area contributed by atoms with Crippen LogP contribution in [0.2, 0.25) is 0 Å². The first-order valence-corrected chi connectivity index (χ1v) is 8.65. The van der Waals surface area contributed by atoms with Crippen LogP contribution < -0.4 is 4.90 Å². The van der Waals surface area contributed by atoms with E-state index in [-0.39, 0.29) is 24.8 Å². The molecule has 1 heterocycles. The zero-order valence-electron chi connectivity index (χ0n) is 15.1. The molecule has 7 nitrogen and oxygen atoms in total. The van der Waals surface area contributed by atoms with E-state index in [1.165, 1.54) is 16.2 Å². The molecule has 1 amide bonds. The number of rotatable bonds is 6. The minimum atomic E-state index is -0.624. The van der Waals surface area contributed by atoms with Gasteiger partial charge in [0.1, 0.15) is 5.60 Å². The molecule has 136 valence electrons. The maximum atomic E-state index is 12.2. The van der Waals surface area contributed by atoms with Crippen molar-refractivity contribution in [2.75, 3.05) is 25.2 Å². The Balaban J connectivity index is 3.09. The largest absolute Gasteiger partial charge is 0.461 e. The lowest BCUT2D eigenvalue weighted by Gasteiger charge is -2.23. The highest BCUT2D eigenvalue weighted by molar-refractivity contribution is 7.16. The molecule has 1 aromatic heterocycles. The molecular weight excluding hydrogens is 332 g/mol. The van der Waals surface area contributed by atoms with E-state index in [2.05, 4.69) is 4.98 Å². The normalized spacial score (nSPS) is 12.6. The first kappa shape index (κ1) is 20.4. The summed E-state index contributed by atoms with van der Waals surface area (Å²) in [5.41, 5.74) is -0.437. The Bertz CT molecular complexity index is 580. The van der Waals surface area contributed by atoms with E-state index in [1.54, 1.807) is 34.7 Å². The number of amides is 1. The molecule has 8 heteroatoms. The number of ether oxygens (including phenoxy) is 2. The number of aliphatic hydroxyl groups excluding tert-OH is 1. The second-order valence-corrected chi connectivity index (χ2v) is 7.58. The summed E-state index contributed by atoms with van der Waals surface area (Å²) in [7, 11) is 1.54. The quantitative estimate of drug-likeness (QED) is 0.787. The minimum absolute atomic E-state index is 0.00258. The van der Waals surface area contributed by atoms with Crippen LogP contribution in [-0.2, 0) is 15.9 Å². The number of carbonyl (C=O) groups is 2. The van der Waals surface area contributed by atoms with Gasteiger partial charge in [-0.05, 0) is 40.0 Å². The summed E-state index contributed by atoms with van der Waals surface area (Å²) in [4.78, 5) is 30.5. The molecule has 0 bridgehead atoms. The molecule has 24 heavy (non-hydrogen) atoms. The van der Waals surface area contributed by atoms with Crippen LogP contribution in [-0.4, -0.2) is 48.0 Å². The van der Waals surface area contributed by atoms with E-state index in [9.17, 15) is 14.7 Å². The minimum Gasteiger partial charge on any atom is -0.461 e. The van der Waals surface area contributed by atoms with E-state index < -0.39 is 17.7 Å². The molecule has 1 aromatic rings. The molecular formula is C16H26N2O5S. The van der Waals surface area contributed by atoms with Crippen LogP contribution in [0.1, 0.15) is 50.0 Å². The number of hydrogen-bond acceptors (Lipinski definition) is 7. The first-order valence-electron chi connectivity index (χ1n) is 7.83. The molecule has 0 aliphatic rings. The summed E-state index contributed by atoms with van der Waals surface area (Å²) in [6, 6.07) is 0. The molecule has 0 aliphatic carbocycles. The Kier molecular flexibility index (Phi) is 7.16. The Morgan fingerprint density at radius 3 is 2.50 bits per heavy atom. The third-order valence-corrected chi connectivity index (χ3v) is 4.11. The molecule has 1 atom stereocenters. The smallest absolute Gasteiger partial charge is 0.416 e. The van der Waals surface area contributed by atoms with Crippen molar-refractivity contribution in [3.05, 3.63) is 10.6 Å². The van der Waals surface area contributed by atoms with Crippen LogP contribution in [0.5, 0.6) is 0 Å². The third-order valence-electron chi connectivity index (χ3n) is 2.95. The van der Waals surface area contributed by atoms with Crippen molar-refractivity contribution in [2.24, 2.45) is 5.92 Å². The van der Waals surface area contributed by atoms with Crippen molar-refractivity contribution < 1.29 is 24.2 Å². The first-order chi connectivity index (χ1) is 11.1. The lowest BCUT2D eigenvalue weighted by atomic mass is 10.1. The van der Waals surface area contributed by atoms with Crippen LogP contribution >= 0.6 is 11.3 Å². The fourth-order valence-electron chi connectivity index (χ4n) is 1.77. The highest BCUT2D eigenvalue weighted by atomic mass is 32.1. The molecule has 0 fully saturated rings. The topological polar surface area (TPSA) is 89.0 Å². The lowest BCUT2D eigenvalue weighted by Crippen LogP contribution is -2.34. The summed E-state index contributed by atoms with van der Waals surface area (Å²) in [5, 5.41) is 9.60. The average molecular weight is 358 g/mol. The predicted molar refractivity (Wildman–Crippen MR) is 92.7 cm³/mol. The van der Waals surface area contributed by atoms with Crippen LogP contribution in [0.3, 0.4) is 0 Å². The second kappa shape index (κ2) is 8.43. The van der Waals surface area contributed by atoms with Crippen molar-refractivity contribution in [1.82, 2.24) is 4.98 Å². The predicted octanol–water partition coefficient (Wildman–Crippen LogP) is 2.86. The number of anilines is 1. The van der Waals surface area contributed by atoms with E-state index >= 15 is 0 Å². The zero-order valence-corrected chi connectivity index (χ0v) is 15.9. The Hall–Kier alpha value is -1.67. The van der Waals surface area contributed by atoms with Gasteiger partial charge < -0.3 is 14.6 Å². The number of esters is 1. The molecule has 1 N–H and O–H groups in total. The summed E-state index contributed by atoms with van der Waals surface area (Å²) < 4.78 is 10.3.